The molecule has 21 heavy (non-hydrogen) atoms. The highest BCUT2D eigenvalue weighted by molar-refractivity contribution is 9.10. The maximum atomic E-state index is 12.0. The number of carboxylic acid groups (broad SMARTS) is 1. The van der Waals surface area contributed by atoms with Crippen molar-refractivity contribution >= 4 is 27.9 Å². The van der Waals surface area contributed by atoms with E-state index >= 15 is 0 Å². The number of methoxy groups -OCH3 is 1. The minimum atomic E-state index is -0.933. The Labute approximate surface area is 132 Å². The maximum absolute atomic E-state index is 12.0. The molecular weight excluding hydrogens is 340 g/mol. The first-order valence-corrected chi connectivity index (χ1v) is 7.21. The first-order chi connectivity index (χ1) is 9.85. The lowest BCUT2D eigenvalue weighted by molar-refractivity contribution is -0.137. The van der Waals surface area contributed by atoms with Crippen LogP contribution in [0, 0.1) is 0 Å². The number of aliphatic carboxylic acids is 1. The fourth-order valence-corrected chi connectivity index (χ4v) is 2.12. The van der Waals surface area contributed by atoms with Gasteiger partial charge in [-0.15, -0.1) is 0 Å². The lowest BCUT2D eigenvalue weighted by Gasteiger charge is -2.22. The van der Waals surface area contributed by atoms with Crippen LogP contribution >= 0.6 is 15.9 Å². The molecule has 0 heterocycles. The van der Waals surface area contributed by atoms with Gasteiger partial charge in [-0.25, -0.2) is 4.79 Å². The lowest BCUT2D eigenvalue weighted by Crippen LogP contribution is -2.39. The molecule has 0 aromatic heterocycles. The van der Waals surface area contributed by atoms with Crippen molar-refractivity contribution in [1.82, 2.24) is 10.2 Å². The molecule has 6 nitrogen and oxygen atoms in total. The van der Waals surface area contributed by atoms with Gasteiger partial charge in [-0.1, -0.05) is 22.0 Å². The van der Waals surface area contributed by atoms with Crippen molar-refractivity contribution in [1.29, 1.82) is 0 Å². The van der Waals surface area contributed by atoms with Crippen molar-refractivity contribution in [2.24, 2.45) is 0 Å². The fourth-order valence-electron chi connectivity index (χ4n) is 1.78. The van der Waals surface area contributed by atoms with Gasteiger partial charge in [0.2, 0.25) is 0 Å². The monoisotopic (exact) mass is 358 g/mol. The van der Waals surface area contributed by atoms with Gasteiger partial charge in [-0.05, 0) is 19.1 Å². The molecule has 0 aliphatic rings. The van der Waals surface area contributed by atoms with Crippen LogP contribution in [-0.2, 0) is 4.79 Å². The normalized spacial score (nSPS) is 11.6. The Morgan fingerprint density at radius 1 is 1.48 bits per heavy atom. The number of nitrogens with zero attached hydrogens (tertiary/aromatic N) is 1. The summed E-state index contributed by atoms with van der Waals surface area (Å²) in [4.78, 5) is 23.8. The van der Waals surface area contributed by atoms with E-state index in [9.17, 15) is 9.59 Å². The van der Waals surface area contributed by atoms with Crippen molar-refractivity contribution in [3.05, 3.63) is 28.2 Å². The Kier molecular flexibility index (Phi) is 6.48. The lowest BCUT2D eigenvalue weighted by atomic mass is 10.1. The Bertz CT molecular complexity index is 522. The number of hydrogen-bond donors (Lipinski definition) is 2. The summed E-state index contributed by atoms with van der Waals surface area (Å²) in [6.07, 6.45) is -0.0834. The number of benzene rings is 1. The third-order valence-electron chi connectivity index (χ3n) is 3.01. The highest BCUT2D eigenvalue weighted by Gasteiger charge is 2.17. The zero-order chi connectivity index (χ0) is 16.0. The highest BCUT2D eigenvalue weighted by Crippen LogP contribution is 2.28. The predicted octanol–water partition coefficient (Wildman–Crippen LogP) is 2.63. The van der Waals surface area contributed by atoms with E-state index in [2.05, 4.69) is 21.2 Å². The number of carbonyl (C=O) groups is 2. The smallest absolute Gasteiger partial charge is 0.317 e. The molecule has 0 radical (unpaired) electrons. The van der Waals surface area contributed by atoms with Gasteiger partial charge >= 0.3 is 12.0 Å². The van der Waals surface area contributed by atoms with E-state index in [4.69, 9.17) is 9.84 Å². The van der Waals surface area contributed by atoms with Crippen molar-refractivity contribution in [3.63, 3.8) is 0 Å². The van der Waals surface area contributed by atoms with E-state index < -0.39 is 5.97 Å². The summed E-state index contributed by atoms with van der Waals surface area (Å²) in [5.74, 6) is -0.261. The third-order valence-corrected chi connectivity index (χ3v) is 3.50. The average molecular weight is 359 g/mol. The first kappa shape index (κ1) is 17.3. The second-order valence-electron chi connectivity index (χ2n) is 4.62. The standard InChI is InChI=1S/C14H19BrN2O4/c1-9(11-5-4-10(15)8-12(11)21-3)16-14(20)17(2)7-6-13(18)19/h4-5,8-9H,6-7H2,1-3H3,(H,16,20)(H,18,19). The largest absolute Gasteiger partial charge is 0.496 e. The molecule has 0 fully saturated rings. The minimum absolute atomic E-state index is 0.0834. The second kappa shape index (κ2) is 7.87. The van der Waals surface area contributed by atoms with Crippen LogP contribution in [0.5, 0.6) is 5.75 Å². The molecule has 7 heteroatoms. The molecule has 0 saturated heterocycles. The van der Waals surface area contributed by atoms with Crippen molar-refractivity contribution in [2.75, 3.05) is 20.7 Å². The number of carboxylic acids is 1. The van der Waals surface area contributed by atoms with Crippen LogP contribution in [-0.4, -0.2) is 42.7 Å². The number of ether oxygens (including phenoxy) is 1. The number of carbonyl (C=O) groups excluding carboxylic acids is 1. The van der Waals surface area contributed by atoms with Crippen LogP contribution in [0.1, 0.15) is 24.9 Å². The molecule has 116 valence electrons. The summed E-state index contributed by atoms with van der Waals surface area (Å²) in [5, 5.41) is 11.4. The van der Waals surface area contributed by atoms with Crippen LogP contribution in [0.4, 0.5) is 4.79 Å². The molecule has 0 spiro atoms. The van der Waals surface area contributed by atoms with E-state index in [0.717, 1.165) is 10.0 Å². The summed E-state index contributed by atoms with van der Waals surface area (Å²) in [6.45, 7) is 2.00. The molecule has 0 bridgehead atoms. The summed E-state index contributed by atoms with van der Waals surface area (Å²) in [6, 6.07) is 4.98. The minimum Gasteiger partial charge on any atom is -0.496 e. The highest BCUT2D eigenvalue weighted by atomic mass is 79.9. The predicted molar refractivity (Wildman–Crippen MR) is 82.5 cm³/mol. The Morgan fingerprint density at radius 2 is 2.14 bits per heavy atom. The van der Waals surface area contributed by atoms with E-state index in [0.29, 0.717) is 5.75 Å². The Hall–Kier alpha value is -1.76. The van der Waals surface area contributed by atoms with E-state index in [-0.39, 0.29) is 25.0 Å². The number of halogens is 1. The number of urea groups is 1. The van der Waals surface area contributed by atoms with Gasteiger partial charge in [0.05, 0.1) is 19.6 Å². The molecular formula is C14H19BrN2O4. The summed E-state index contributed by atoms with van der Waals surface area (Å²) in [7, 11) is 3.13. The van der Waals surface area contributed by atoms with Crippen molar-refractivity contribution in [2.45, 2.75) is 19.4 Å². The molecule has 2 N–H and O–H groups in total. The molecule has 0 aliphatic heterocycles. The van der Waals surface area contributed by atoms with Gasteiger partial charge < -0.3 is 20.1 Å². The summed E-state index contributed by atoms with van der Waals surface area (Å²) < 4.78 is 6.18. The topological polar surface area (TPSA) is 78.9 Å². The molecule has 1 aromatic carbocycles. The van der Waals surface area contributed by atoms with Gasteiger partial charge in [0.15, 0.2) is 0 Å². The zero-order valence-electron chi connectivity index (χ0n) is 12.2. The number of nitrogens with one attached hydrogen (secondary N) is 1. The van der Waals surface area contributed by atoms with Gasteiger partial charge in [-0.2, -0.15) is 0 Å². The van der Waals surface area contributed by atoms with Crippen LogP contribution in [0.25, 0.3) is 0 Å². The SMILES string of the molecule is COc1cc(Br)ccc1C(C)NC(=O)N(C)CCC(=O)O. The number of hydrogen-bond acceptors (Lipinski definition) is 3. The van der Waals surface area contributed by atoms with Crippen LogP contribution in [0.2, 0.25) is 0 Å². The second-order valence-corrected chi connectivity index (χ2v) is 5.54. The quantitative estimate of drug-likeness (QED) is 0.819. The van der Waals surface area contributed by atoms with Gasteiger partial charge in [0.25, 0.3) is 0 Å². The maximum Gasteiger partial charge on any atom is 0.317 e. The van der Waals surface area contributed by atoms with E-state index in [1.54, 1.807) is 14.2 Å². The van der Waals surface area contributed by atoms with Crippen LogP contribution in [0.15, 0.2) is 22.7 Å². The van der Waals surface area contributed by atoms with Gasteiger partial charge in [-0.3, -0.25) is 4.79 Å². The van der Waals surface area contributed by atoms with Crippen molar-refractivity contribution in [3.8, 4) is 5.75 Å². The molecule has 0 aliphatic carbocycles. The molecule has 1 unspecified atom stereocenters. The Morgan fingerprint density at radius 3 is 2.71 bits per heavy atom. The van der Waals surface area contributed by atoms with Crippen molar-refractivity contribution < 1.29 is 19.4 Å². The van der Waals surface area contributed by atoms with E-state index in [1.807, 2.05) is 25.1 Å². The third kappa shape index (κ3) is 5.26. The average Bonchev–Trinajstić information content (AvgIpc) is 2.43. The zero-order valence-corrected chi connectivity index (χ0v) is 13.8. The summed E-state index contributed by atoms with van der Waals surface area (Å²) in [5.41, 5.74) is 0.848. The van der Waals surface area contributed by atoms with Gasteiger partial charge in [0.1, 0.15) is 5.75 Å². The molecule has 0 saturated carbocycles. The number of rotatable bonds is 6. The first-order valence-electron chi connectivity index (χ1n) is 6.42. The number of amides is 2. The summed E-state index contributed by atoms with van der Waals surface area (Å²) >= 11 is 3.36. The van der Waals surface area contributed by atoms with Crippen LogP contribution in [0.3, 0.4) is 0 Å². The molecule has 1 aromatic rings. The molecule has 1 atom stereocenters. The fraction of sp³-hybridized carbons (Fsp3) is 0.429. The van der Waals surface area contributed by atoms with E-state index in [1.165, 1.54) is 4.90 Å². The van der Waals surface area contributed by atoms with Gasteiger partial charge in [0, 0.05) is 23.6 Å². The molecule has 1 rings (SSSR count). The van der Waals surface area contributed by atoms with Crippen LogP contribution < -0.4 is 10.1 Å². The Balaban J connectivity index is 2.70. The molecule has 2 amide bonds.